The minimum Gasteiger partial charge on any atom is -0.336 e. The van der Waals surface area contributed by atoms with Gasteiger partial charge >= 0.3 is 0 Å². The van der Waals surface area contributed by atoms with Crippen LogP contribution in [0.25, 0.3) is 0 Å². The highest BCUT2D eigenvalue weighted by Gasteiger charge is 2.08. The van der Waals surface area contributed by atoms with Crippen LogP contribution in [0, 0.1) is 0 Å². The van der Waals surface area contributed by atoms with E-state index >= 15 is 0 Å². The minimum absolute atomic E-state index is 1.08. The van der Waals surface area contributed by atoms with Crippen molar-refractivity contribution in [3.8, 4) is 0 Å². The Hall–Kier alpha value is -0.830. The van der Waals surface area contributed by atoms with Crippen molar-refractivity contribution in [2.45, 2.75) is 25.8 Å². The van der Waals surface area contributed by atoms with Crippen molar-refractivity contribution >= 4 is 0 Å². The van der Waals surface area contributed by atoms with Crippen LogP contribution in [0.5, 0.6) is 0 Å². The van der Waals surface area contributed by atoms with E-state index in [0.29, 0.717) is 0 Å². The SMILES string of the molecule is c1cn(CCN2CCCCC2)cn1. The van der Waals surface area contributed by atoms with Crippen molar-refractivity contribution < 1.29 is 0 Å². The molecule has 0 unspecified atom stereocenters. The number of likely N-dealkylation sites (tertiary alicyclic amines) is 1. The van der Waals surface area contributed by atoms with E-state index in [0.717, 1.165) is 6.54 Å². The van der Waals surface area contributed by atoms with Gasteiger partial charge < -0.3 is 9.47 Å². The molecule has 0 amide bonds. The van der Waals surface area contributed by atoms with Crippen molar-refractivity contribution in [2.75, 3.05) is 19.6 Å². The molecule has 0 spiro atoms. The third-order valence-electron chi connectivity index (χ3n) is 2.68. The molecule has 3 nitrogen and oxygen atoms in total. The fourth-order valence-electron chi connectivity index (χ4n) is 1.86. The van der Waals surface area contributed by atoms with E-state index in [-0.39, 0.29) is 0 Å². The van der Waals surface area contributed by atoms with Gasteiger partial charge in [0.05, 0.1) is 6.33 Å². The summed E-state index contributed by atoms with van der Waals surface area (Å²) in [5.41, 5.74) is 0. The maximum atomic E-state index is 4.03. The zero-order chi connectivity index (χ0) is 8.93. The summed E-state index contributed by atoms with van der Waals surface area (Å²) in [5, 5.41) is 0. The fourth-order valence-corrected chi connectivity index (χ4v) is 1.86. The lowest BCUT2D eigenvalue weighted by molar-refractivity contribution is 0.221. The van der Waals surface area contributed by atoms with Gasteiger partial charge in [-0.15, -0.1) is 0 Å². The lowest BCUT2D eigenvalue weighted by Gasteiger charge is -2.26. The summed E-state index contributed by atoms with van der Waals surface area (Å²) in [6, 6.07) is 0. The van der Waals surface area contributed by atoms with E-state index in [9.17, 15) is 0 Å². The maximum Gasteiger partial charge on any atom is 0.0946 e. The number of hydrogen-bond donors (Lipinski definition) is 0. The number of hydrogen-bond acceptors (Lipinski definition) is 2. The Kier molecular flexibility index (Phi) is 2.98. The Morgan fingerprint density at radius 1 is 1.08 bits per heavy atom. The molecule has 1 saturated heterocycles. The highest BCUT2D eigenvalue weighted by Crippen LogP contribution is 2.07. The number of rotatable bonds is 3. The van der Waals surface area contributed by atoms with Gasteiger partial charge in [0.2, 0.25) is 0 Å². The normalized spacial score (nSPS) is 19.1. The number of aromatic nitrogens is 2. The molecular weight excluding hydrogens is 162 g/mol. The van der Waals surface area contributed by atoms with E-state index in [1.165, 1.54) is 38.9 Å². The van der Waals surface area contributed by atoms with Gasteiger partial charge in [-0.3, -0.25) is 0 Å². The van der Waals surface area contributed by atoms with Crippen LogP contribution in [-0.2, 0) is 6.54 Å². The molecule has 3 heteroatoms. The van der Waals surface area contributed by atoms with Gasteiger partial charge in [-0.05, 0) is 25.9 Å². The number of imidazole rings is 1. The molecule has 2 heterocycles. The first-order valence-electron chi connectivity index (χ1n) is 5.13. The molecule has 0 N–H and O–H groups in total. The molecule has 0 atom stereocenters. The fraction of sp³-hybridized carbons (Fsp3) is 0.700. The highest BCUT2D eigenvalue weighted by molar-refractivity contribution is 4.75. The zero-order valence-corrected chi connectivity index (χ0v) is 8.02. The van der Waals surface area contributed by atoms with Crippen molar-refractivity contribution in [1.29, 1.82) is 0 Å². The van der Waals surface area contributed by atoms with Crippen molar-refractivity contribution in [1.82, 2.24) is 14.5 Å². The second-order valence-corrected chi connectivity index (χ2v) is 3.70. The molecule has 0 bridgehead atoms. The molecule has 1 aromatic heterocycles. The van der Waals surface area contributed by atoms with Gasteiger partial charge in [0.25, 0.3) is 0 Å². The van der Waals surface area contributed by atoms with Gasteiger partial charge in [-0.25, -0.2) is 4.98 Å². The summed E-state index contributed by atoms with van der Waals surface area (Å²) in [6.07, 6.45) is 9.94. The van der Waals surface area contributed by atoms with Gasteiger partial charge in [-0.1, -0.05) is 6.42 Å². The van der Waals surface area contributed by atoms with E-state index < -0.39 is 0 Å². The summed E-state index contributed by atoms with van der Waals surface area (Å²) < 4.78 is 2.15. The van der Waals surface area contributed by atoms with Crippen LogP contribution in [0.3, 0.4) is 0 Å². The number of piperidine rings is 1. The van der Waals surface area contributed by atoms with Crippen LogP contribution in [0.4, 0.5) is 0 Å². The average Bonchev–Trinajstić information content (AvgIpc) is 2.69. The second-order valence-electron chi connectivity index (χ2n) is 3.70. The molecule has 0 aromatic carbocycles. The quantitative estimate of drug-likeness (QED) is 0.698. The maximum absolute atomic E-state index is 4.03. The summed E-state index contributed by atoms with van der Waals surface area (Å²) >= 11 is 0. The first-order chi connectivity index (χ1) is 6.45. The van der Waals surface area contributed by atoms with Crippen molar-refractivity contribution in [3.05, 3.63) is 18.7 Å². The van der Waals surface area contributed by atoms with Crippen LogP contribution in [0.1, 0.15) is 19.3 Å². The molecule has 1 aliphatic rings. The Bertz CT molecular complexity index is 224. The predicted octanol–water partition coefficient (Wildman–Crippen LogP) is 1.37. The Morgan fingerprint density at radius 2 is 1.92 bits per heavy atom. The summed E-state index contributed by atoms with van der Waals surface area (Å²) in [6.45, 7) is 4.83. The Labute approximate surface area is 79.4 Å². The lowest BCUT2D eigenvalue weighted by Crippen LogP contribution is -2.32. The summed E-state index contributed by atoms with van der Waals surface area (Å²) in [4.78, 5) is 6.58. The van der Waals surface area contributed by atoms with Crippen LogP contribution >= 0.6 is 0 Å². The summed E-state index contributed by atoms with van der Waals surface area (Å²) in [5.74, 6) is 0. The van der Waals surface area contributed by atoms with E-state index in [1.54, 1.807) is 0 Å². The van der Waals surface area contributed by atoms with Crippen molar-refractivity contribution in [3.63, 3.8) is 0 Å². The van der Waals surface area contributed by atoms with Crippen LogP contribution in [-0.4, -0.2) is 34.1 Å². The second kappa shape index (κ2) is 4.42. The van der Waals surface area contributed by atoms with Gasteiger partial charge in [0, 0.05) is 25.5 Å². The predicted molar refractivity (Wildman–Crippen MR) is 52.5 cm³/mol. The smallest absolute Gasteiger partial charge is 0.0946 e. The molecule has 1 aromatic rings. The molecule has 1 fully saturated rings. The molecule has 13 heavy (non-hydrogen) atoms. The summed E-state index contributed by atoms with van der Waals surface area (Å²) in [7, 11) is 0. The third-order valence-corrected chi connectivity index (χ3v) is 2.68. The third kappa shape index (κ3) is 2.56. The monoisotopic (exact) mass is 179 g/mol. The standard InChI is InChI=1S/C10H17N3/c1-2-5-12(6-3-1)8-9-13-7-4-11-10-13/h4,7,10H,1-3,5-6,8-9H2. The average molecular weight is 179 g/mol. The van der Waals surface area contributed by atoms with Gasteiger partial charge in [0.1, 0.15) is 0 Å². The molecule has 0 saturated carbocycles. The minimum atomic E-state index is 1.08. The molecular formula is C10H17N3. The van der Waals surface area contributed by atoms with Crippen LogP contribution < -0.4 is 0 Å². The van der Waals surface area contributed by atoms with Crippen LogP contribution in [0.15, 0.2) is 18.7 Å². The lowest BCUT2D eigenvalue weighted by atomic mass is 10.1. The van der Waals surface area contributed by atoms with Gasteiger partial charge in [-0.2, -0.15) is 0 Å². The van der Waals surface area contributed by atoms with E-state index in [2.05, 4.69) is 14.5 Å². The molecule has 0 radical (unpaired) electrons. The topological polar surface area (TPSA) is 21.1 Å². The molecule has 2 rings (SSSR count). The number of nitrogens with zero attached hydrogens (tertiary/aromatic N) is 3. The van der Waals surface area contributed by atoms with E-state index in [1.807, 2.05) is 18.7 Å². The highest BCUT2D eigenvalue weighted by atomic mass is 15.2. The van der Waals surface area contributed by atoms with Crippen molar-refractivity contribution in [2.24, 2.45) is 0 Å². The molecule has 0 aliphatic carbocycles. The van der Waals surface area contributed by atoms with Gasteiger partial charge in [0.15, 0.2) is 0 Å². The Balaban J connectivity index is 1.72. The zero-order valence-electron chi connectivity index (χ0n) is 8.02. The Morgan fingerprint density at radius 3 is 2.62 bits per heavy atom. The largest absolute Gasteiger partial charge is 0.336 e. The first-order valence-corrected chi connectivity index (χ1v) is 5.13. The first kappa shape index (κ1) is 8.75. The van der Waals surface area contributed by atoms with Crippen LogP contribution in [0.2, 0.25) is 0 Å². The molecule has 1 aliphatic heterocycles. The molecule has 72 valence electrons. The van der Waals surface area contributed by atoms with E-state index in [4.69, 9.17) is 0 Å².